The maximum absolute atomic E-state index is 4.29. The summed E-state index contributed by atoms with van der Waals surface area (Å²) in [5.41, 5.74) is 0.954. The third-order valence-corrected chi connectivity index (χ3v) is 2.88. The predicted octanol–water partition coefficient (Wildman–Crippen LogP) is -0.602. The number of fused-ring (bicyclic) bond motifs is 1. The summed E-state index contributed by atoms with van der Waals surface area (Å²) in [6.45, 7) is 4.20. The summed E-state index contributed by atoms with van der Waals surface area (Å²) in [6, 6.07) is 0.355. The van der Waals surface area contributed by atoms with Crippen molar-refractivity contribution < 1.29 is 0 Å². The summed E-state index contributed by atoms with van der Waals surface area (Å²) in [5.74, 6) is 0. The van der Waals surface area contributed by atoms with Crippen LogP contribution in [-0.2, 0) is 0 Å². The summed E-state index contributed by atoms with van der Waals surface area (Å²) in [5, 5.41) is 6.51. The van der Waals surface area contributed by atoms with E-state index in [1.54, 1.807) is 6.33 Å². The first kappa shape index (κ1) is 8.37. The van der Waals surface area contributed by atoms with Crippen LogP contribution in [0.3, 0.4) is 0 Å². The Morgan fingerprint density at radius 3 is 2.85 bits per heavy atom. The Morgan fingerprint density at radius 2 is 2.15 bits per heavy atom. The smallest absolute Gasteiger partial charge is 0.161 e. The summed E-state index contributed by atoms with van der Waals surface area (Å²) in [7, 11) is 0.942. The molecule has 0 N–H and O–H groups in total. The topological polar surface area (TPSA) is 43.6 Å². The molecule has 0 aliphatic carbocycles. The Labute approximate surface area is 79.4 Å². The van der Waals surface area contributed by atoms with Crippen molar-refractivity contribution in [3.63, 3.8) is 0 Å². The Morgan fingerprint density at radius 1 is 1.38 bits per heavy atom. The highest BCUT2D eigenvalue weighted by molar-refractivity contribution is 6.36. The van der Waals surface area contributed by atoms with Gasteiger partial charge in [-0.25, -0.2) is 14.6 Å². The lowest BCUT2D eigenvalue weighted by atomic mass is 10.4. The van der Waals surface area contributed by atoms with Crippen molar-refractivity contribution in [1.82, 2.24) is 19.7 Å². The first-order chi connectivity index (χ1) is 6.20. The van der Waals surface area contributed by atoms with Crippen LogP contribution in [0.15, 0.2) is 12.5 Å². The monoisotopic (exact) mass is 192 g/mol. The molecule has 0 amide bonds. The van der Waals surface area contributed by atoms with Crippen LogP contribution in [0.25, 0.3) is 11.0 Å². The van der Waals surface area contributed by atoms with Gasteiger partial charge in [-0.3, -0.25) is 0 Å². The Kier molecular flexibility index (Phi) is 1.88. The summed E-state index contributed by atoms with van der Waals surface area (Å²) in [4.78, 5) is 8.41. The van der Waals surface area contributed by atoms with E-state index >= 15 is 0 Å². The zero-order valence-electron chi connectivity index (χ0n) is 8.02. The Balaban J connectivity index is 2.75. The minimum absolute atomic E-state index is 0.355. The SMILES string of the molecule is CC(C)n1ncc2c([SiH3])ncnc21. The molecule has 0 unspecified atom stereocenters. The van der Waals surface area contributed by atoms with Gasteiger partial charge in [0.1, 0.15) is 6.33 Å². The van der Waals surface area contributed by atoms with Gasteiger partial charge >= 0.3 is 0 Å². The van der Waals surface area contributed by atoms with Gasteiger partial charge < -0.3 is 0 Å². The van der Waals surface area contributed by atoms with Crippen LogP contribution in [0.5, 0.6) is 0 Å². The second-order valence-electron chi connectivity index (χ2n) is 3.38. The molecule has 0 fully saturated rings. The first-order valence-electron chi connectivity index (χ1n) is 4.35. The molecule has 4 nitrogen and oxygen atoms in total. The molecule has 2 heterocycles. The quantitative estimate of drug-likeness (QED) is 0.567. The molecule has 0 aliphatic rings. The van der Waals surface area contributed by atoms with Crippen molar-refractivity contribution in [1.29, 1.82) is 0 Å². The van der Waals surface area contributed by atoms with Gasteiger partial charge in [0.05, 0.1) is 21.8 Å². The van der Waals surface area contributed by atoms with E-state index in [2.05, 4.69) is 28.9 Å². The van der Waals surface area contributed by atoms with Crippen molar-refractivity contribution in [2.75, 3.05) is 0 Å². The third-order valence-electron chi connectivity index (χ3n) is 2.08. The zero-order chi connectivity index (χ0) is 9.42. The first-order valence-corrected chi connectivity index (χ1v) is 5.35. The highest BCUT2D eigenvalue weighted by atomic mass is 28.1. The van der Waals surface area contributed by atoms with Crippen LogP contribution in [0.1, 0.15) is 19.9 Å². The summed E-state index contributed by atoms with van der Waals surface area (Å²) in [6.07, 6.45) is 3.48. The van der Waals surface area contributed by atoms with Crippen molar-refractivity contribution in [2.45, 2.75) is 19.9 Å². The predicted molar refractivity (Wildman–Crippen MR) is 55.3 cm³/mol. The molecular weight excluding hydrogens is 180 g/mol. The molecule has 0 aromatic carbocycles. The van der Waals surface area contributed by atoms with Gasteiger partial charge in [0.2, 0.25) is 0 Å². The van der Waals surface area contributed by atoms with Crippen LogP contribution in [-0.4, -0.2) is 30.0 Å². The standard InChI is InChI=1S/C8H12N4Si/c1-5(2)12-7-6(3-11-12)8(13)10-4-9-7/h3-5H,1-2,13H3. The molecule has 0 spiro atoms. The van der Waals surface area contributed by atoms with Crippen LogP contribution >= 0.6 is 0 Å². The second-order valence-corrected chi connectivity index (χ2v) is 4.33. The fourth-order valence-electron chi connectivity index (χ4n) is 1.36. The number of hydrogen-bond donors (Lipinski definition) is 0. The van der Waals surface area contributed by atoms with Gasteiger partial charge in [-0.05, 0) is 13.8 Å². The Bertz CT molecular complexity index is 435. The van der Waals surface area contributed by atoms with E-state index in [1.165, 1.54) is 0 Å². The van der Waals surface area contributed by atoms with E-state index in [9.17, 15) is 0 Å². The Hall–Kier alpha value is -1.23. The molecule has 0 saturated heterocycles. The van der Waals surface area contributed by atoms with E-state index in [-0.39, 0.29) is 0 Å². The average molecular weight is 192 g/mol. The molecule has 2 rings (SSSR count). The van der Waals surface area contributed by atoms with E-state index in [0.29, 0.717) is 6.04 Å². The molecule has 2 aromatic heterocycles. The summed E-state index contributed by atoms with van der Waals surface area (Å²) < 4.78 is 1.93. The van der Waals surface area contributed by atoms with Crippen molar-refractivity contribution >= 4 is 26.6 Å². The highest BCUT2D eigenvalue weighted by Crippen LogP contribution is 2.11. The minimum atomic E-state index is 0.355. The second kappa shape index (κ2) is 2.92. The molecule has 13 heavy (non-hydrogen) atoms. The lowest BCUT2D eigenvalue weighted by molar-refractivity contribution is 0.546. The van der Waals surface area contributed by atoms with Crippen LogP contribution in [0.4, 0.5) is 0 Å². The molecule has 0 bridgehead atoms. The molecule has 0 atom stereocenters. The van der Waals surface area contributed by atoms with Crippen LogP contribution < -0.4 is 5.32 Å². The maximum Gasteiger partial charge on any atom is 0.161 e. The lowest BCUT2D eigenvalue weighted by Crippen LogP contribution is -2.10. The van der Waals surface area contributed by atoms with Crippen molar-refractivity contribution in [3.05, 3.63) is 12.5 Å². The third kappa shape index (κ3) is 1.25. The van der Waals surface area contributed by atoms with E-state index in [1.807, 2.05) is 10.9 Å². The fraction of sp³-hybridized carbons (Fsp3) is 0.375. The minimum Gasteiger partial charge on any atom is -0.246 e. The number of nitrogens with zero attached hydrogens (tertiary/aromatic N) is 4. The molecule has 2 aromatic rings. The molecule has 0 radical (unpaired) electrons. The molecule has 5 heteroatoms. The average Bonchev–Trinajstić information content (AvgIpc) is 2.48. The molecule has 0 saturated carbocycles. The van der Waals surface area contributed by atoms with E-state index < -0.39 is 0 Å². The van der Waals surface area contributed by atoms with Crippen molar-refractivity contribution in [2.24, 2.45) is 0 Å². The van der Waals surface area contributed by atoms with Gasteiger partial charge in [-0.2, -0.15) is 5.10 Å². The number of rotatable bonds is 1. The van der Waals surface area contributed by atoms with Gasteiger partial charge in [0, 0.05) is 11.4 Å². The highest BCUT2D eigenvalue weighted by Gasteiger charge is 2.08. The van der Waals surface area contributed by atoms with E-state index in [0.717, 1.165) is 26.6 Å². The number of hydrogen-bond acceptors (Lipinski definition) is 3. The lowest BCUT2D eigenvalue weighted by Gasteiger charge is -2.05. The maximum atomic E-state index is 4.29. The zero-order valence-corrected chi connectivity index (χ0v) is 10.0. The normalized spacial score (nSPS) is 11.6. The van der Waals surface area contributed by atoms with Gasteiger partial charge in [0.25, 0.3) is 0 Å². The van der Waals surface area contributed by atoms with Crippen molar-refractivity contribution in [3.8, 4) is 0 Å². The fourth-order valence-corrected chi connectivity index (χ4v) is 1.83. The van der Waals surface area contributed by atoms with Crippen LogP contribution in [0, 0.1) is 0 Å². The summed E-state index contributed by atoms with van der Waals surface area (Å²) >= 11 is 0. The number of aromatic nitrogens is 4. The molecule has 0 aliphatic heterocycles. The molecular formula is C8H12N4Si. The van der Waals surface area contributed by atoms with Gasteiger partial charge in [-0.15, -0.1) is 0 Å². The largest absolute Gasteiger partial charge is 0.246 e. The molecule has 68 valence electrons. The van der Waals surface area contributed by atoms with E-state index in [4.69, 9.17) is 0 Å². The van der Waals surface area contributed by atoms with Gasteiger partial charge in [-0.1, -0.05) is 0 Å². The van der Waals surface area contributed by atoms with Crippen LogP contribution in [0.2, 0.25) is 0 Å². The van der Waals surface area contributed by atoms with Gasteiger partial charge in [0.15, 0.2) is 5.65 Å².